The molecule has 0 amide bonds. The van der Waals surface area contributed by atoms with Gasteiger partial charge in [0.2, 0.25) is 0 Å². The summed E-state index contributed by atoms with van der Waals surface area (Å²) in [6.45, 7) is 6.36. The summed E-state index contributed by atoms with van der Waals surface area (Å²) in [7, 11) is 0. The molecule has 62 heavy (non-hydrogen) atoms. The van der Waals surface area contributed by atoms with Gasteiger partial charge in [0.15, 0.2) is 6.10 Å². The summed E-state index contributed by atoms with van der Waals surface area (Å²) in [6, 6.07) is 0. The summed E-state index contributed by atoms with van der Waals surface area (Å²) in [5, 5.41) is 0. The van der Waals surface area contributed by atoms with Crippen LogP contribution in [0.1, 0.15) is 220 Å². The quantitative estimate of drug-likeness (QED) is 0.0263. The Morgan fingerprint density at radius 2 is 0.694 bits per heavy atom. The van der Waals surface area contributed by atoms with Gasteiger partial charge in [-0.25, -0.2) is 0 Å². The zero-order valence-corrected chi connectivity index (χ0v) is 40.1. The normalized spacial score (nSPS) is 12.9. The molecule has 0 saturated carbocycles. The van der Waals surface area contributed by atoms with Crippen molar-refractivity contribution >= 4 is 17.9 Å². The molecular formula is C56H92O6. The lowest BCUT2D eigenvalue weighted by molar-refractivity contribution is -0.166. The molecule has 0 bridgehead atoms. The Hall–Kier alpha value is -3.67. The molecule has 0 aromatic heterocycles. The van der Waals surface area contributed by atoms with Gasteiger partial charge < -0.3 is 14.2 Å². The van der Waals surface area contributed by atoms with E-state index in [1.807, 2.05) is 12.2 Å². The minimum absolute atomic E-state index is 0.110. The molecule has 0 radical (unpaired) electrons. The van der Waals surface area contributed by atoms with Crippen LogP contribution in [-0.2, 0) is 28.6 Å². The second kappa shape index (κ2) is 50.0. The van der Waals surface area contributed by atoms with Crippen molar-refractivity contribution in [2.24, 2.45) is 0 Å². The predicted octanol–water partition coefficient (Wildman–Crippen LogP) is 16.6. The van der Waals surface area contributed by atoms with Crippen molar-refractivity contribution in [3.63, 3.8) is 0 Å². The predicted molar refractivity (Wildman–Crippen MR) is 265 cm³/mol. The number of unbranched alkanes of at least 4 members (excludes halogenated alkanes) is 17. The second-order valence-corrected chi connectivity index (χ2v) is 16.3. The van der Waals surface area contributed by atoms with Crippen LogP contribution in [0.3, 0.4) is 0 Å². The first-order chi connectivity index (χ1) is 30.5. The van der Waals surface area contributed by atoms with Gasteiger partial charge in [-0.2, -0.15) is 0 Å². The van der Waals surface area contributed by atoms with E-state index in [1.165, 1.54) is 64.2 Å². The maximum Gasteiger partial charge on any atom is 0.306 e. The van der Waals surface area contributed by atoms with Crippen molar-refractivity contribution in [3.8, 4) is 0 Å². The highest BCUT2D eigenvalue weighted by atomic mass is 16.6. The van der Waals surface area contributed by atoms with Crippen LogP contribution in [0.15, 0.2) is 97.2 Å². The molecule has 1 atom stereocenters. The SMILES string of the molecule is CC/C=C\C/C=C\C/C=C\C/C=C\C/C=C\C/C=C\CCC(=O)OCC(COC(=O)CCCCCCC/C=C\CCC)OC(=O)CCCCCCC/C=C\CCCCCCCC. The van der Waals surface area contributed by atoms with Crippen LogP contribution in [0.5, 0.6) is 0 Å². The third kappa shape index (κ3) is 47.4. The zero-order chi connectivity index (χ0) is 45.1. The molecule has 0 heterocycles. The number of rotatable bonds is 44. The standard InChI is InChI=1S/C56H92O6/c1-4-7-10-13-16-19-22-24-26-27-28-29-31-32-34-37-40-43-46-49-55(58)61-52-53(51-60-54(57)48-45-42-39-36-21-18-15-12-9-6-3)62-56(59)50-47-44-41-38-35-33-30-25-23-20-17-14-11-8-5-2/h7,10,12,15-16,19,24-26,28-30,32,34,40,43,53H,4-6,8-9,11,13-14,17-18,20-23,27,31,33,35-39,41-42,44-52H2,1-3H3/b10-7-,15-12-,19-16-,26-24-,29-28-,30-25-,34-32-,43-40-. The van der Waals surface area contributed by atoms with Crippen molar-refractivity contribution in [1.29, 1.82) is 0 Å². The van der Waals surface area contributed by atoms with Gasteiger partial charge in [0.05, 0.1) is 0 Å². The average molecular weight is 861 g/mol. The lowest BCUT2D eigenvalue weighted by Crippen LogP contribution is -2.30. The van der Waals surface area contributed by atoms with E-state index in [1.54, 1.807) is 0 Å². The molecule has 1 unspecified atom stereocenters. The number of carbonyl (C=O) groups excluding carboxylic acids is 3. The van der Waals surface area contributed by atoms with Gasteiger partial charge >= 0.3 is 17.9 Å². The summed E-state index contributed by atoms with van der Waals surface area (Å²) >= 11 is 0. The largest absolute Gasteiger partial charge is 0.462 e. The van der Waals surface area contributed by atoms with E-state index in [2.05, 4.69) is 106 Å². The lowest BCUT2D eigenvalue weighted by atomic mass is 10.1. The van der Waals surface area contributed by atoms with E-state index in [9.17, 15) is 14.4 Å². The third-order valence-corrected chi connectivity index (χ3v) is 10.3. The van der Waals surface area contributed by atoms with Gasteiger partial charge in [0.25, 0.3) is 0 Å². The smallest absolute Gasteiger partial charge is 0.306 e. The van der Waals surface area contributed by atoms with E-state index in [0.29, 0.717) is 19.3 Å². The molecule has 0 rings (SSSR count). The number of esters is 3. The molecule has 352 valence electrons. The van der Waals surface area contributed by atoms with E-state index in [0.717, 1.165) is 109 Å². The van der Waals surface area contributed by atoms with Gasteiger partial charge in [-0.05, 0) is 103 Å². The van der Waals surface area contributed by atoms with Crippen LogP contribution in [0.2, 0.25) is 0 Å². The van der Waals surface area contributed by atoms with Crippen LogP contribution in [0.25, 0.3) is 0 Å². The molecule has 0 aliphatic rings. The maximum absolute atomic E-state index is 12.8. The summed E-state index contributed by atoms with van der Waals surface area (Å²) < 4.78 is 16.7. The highest BCUT2D eigenvalue weighted by molar-refractivity contribution is 5.71. The van der Waals surface area contributed by atoms with Crippen LogP contribution < -0.4 is 0 Å². The molecule has 0 spiro atoms. The fourth-order valence-corrected chi connectivity index (χ4v) is 6.52. The zero-order valence-electron chi connectivity index (χ0n) is 40.1. The van der Waals surface area contributed by atoms with Crippen molar-refractivity contribution in [1.82, 2.24) is 0 Å². The molecule has 6 heteroatoms. The molecule has 0 aliphatic heterocycles. The van der Waals surface area contributed by atoms with Crippen LogP contribution >= 0.6 is 0 Å². The summed E-state index contributed by atoms with van der Waals surface area (Å²) in [6.07, 6.45) is 65.5. The molecular weight excluding hydrogens is 769 g/mol. The Morgan fingerprint density at radius 3 is 1.15 bits per heavy atom. The molecule has 0 aromatic carbocycles. The first-order valence-corrected chi connectivity index (χ1v) is 25.2. The Balaban J connectivity index is 4.50. The van der Waals surface area contributed by atoms with Crippen molar-refractivity contribution in [3.05, 3.63) is 97.2 Å². The van der Waals surface area contributed by atoms with Gasteiger partial charge in [-0.1, -0.05) is 195 Å². The Bertz CT molecular complexity index is 1260. The highest BCUT2D eigenvalue weighted by Gasteiger charge is 2.19. The van der Waals surface area contributed by atoms with Gasteiger partial charge in [-0.3, -0.25) is 14.4 Å². The molecule has 0 fully saturated rings. The van der Waals surface area contributed by atoms with Gasteiger partial charge in [-0.15, -0.1) is 0 Å². The van der Waals surface area contributed by atoms with Crippen LogP contribution in [-0.4, -0.2) is 37.2 Å². The number of carbonyl (C=O) groups is 3. The number of ether oxygens (including phenoxy) is 3. The minimum atomic E-state index is -0.815. The van der Waals surface area contributed by atoms with E-state index in [-0.39, 0.29) is 37.5 Å². The van der Waals surface area contributed by atoms with E-state index < -0.39 is 6.10 Å². The Morgan fingerprint density at radius 1 is 0.339 bits per heavy atom. The molecule has 6 nitrogen and oxygen atoms in total. The Kier molecular flexibility index (Phi) is 47.0. The van der Waals surface area contributed by atoms with E-state index in [4.69, 9.17) is 14.2 Å². The summed E-state index contributed by atoms with van der Waals surface area (Å²) in [5.41, 5.74) is 0. The maximum atomic E-state index is 12.8. The van der Waals surface area contributed by atoms with Crippen molar-refractivity contribution in [2.75, 3.05) is 13.2 Å². The third-order valence-electron chi connectivity index (χ3n) is 10.3. The van der Waals surface area contributed by atoms with Gasteiger partial charge in [0, 0.05) is 19.3 Å². The van der Waals surface area contributed by atoms with Crippen LogP contribution in [0, 0.1) is 0 Å². The summed E-state index contributed by atoms with van der Waals surface area (Å²) in [5.74, 6) is -1.02. The lowest BCUT2D eigenvalue weighted by Gasteiger charge is -2.18. The average Bonchev–Trinajstić information content (AvgIpc) is 3.27. The van der Waals surface area contributed by atoms with Crippen molar-refractivity contribution < 1.29 is 28.6 Å². The first kappa shape index (κ1) is 58.3. The van der Waals surface area contributed by atoms with Crippen molar-refractivity contribution in [2.45, 2.75) is 226 Å². The molecule has 0 N–H and O–H groups in total. The van der Waals surface area contributed by atoms with E-state index >= 15 is 0 Å². The topological polar surface area (TPSA) is 78.9 Å². The summed E-state index contributed by atoms with van der Waals surface area (Å²) in [4.78, 5) is 37.8. The minimum Gasteiger partial charge on any atom is -0.462 e. The fraction of sp³-hybridized carbons (Fsp3) is 0.661. The van der Waals surface area contributed by atoms with Crippen LogP contribution in [0.4, 0.5) is 0 Å². The highest BCUT2D eigenvalue weighted by Crippen LogP contribution is 2.13. The molecule has 0 aromatic rings. The number of hydrogen-bond acceptors (Lipinski definition) is 6. The Labute approximate surface area is 381 Å². The van der Waals surface area contributed by atoms with Gasteiger partial charge in [0.1, 0.15) is 13.2 Å². The molecule has 0 saturated heterocycles. The first-order valence-electron chi connectivity index (χ1n) is 25.2. The molecule has 0 aliphatic carbocycles. The number of allylic oxidation sites excluding steroid dienone is 16. The number of hydrogen-bond donors (Lipinski definition) is 0. The monoisotopic (exact) mass is 861 g/mol. The fourth-order valence-electron chi connectivity index (χ4n) is 6.52. The second-order valence-electron chi connectivity index (χ2n) is 16.3.